The zero-order valence-electron chi connectivity index (χ0n) is 17.7. The van der Waals surface area contributed by atoms with E-state index >= 15 is 0 Å². The van der Waals surface area contributed by atoms with E-state index in [1.807, 2.05) is 19.2 Å². The molecule has 174 valence electrons. The molecule has 4 rings (SSSR count). The van der Waals surface area contributed by atoms with E-state index in [4.69, 9.17) is 14.6 Å². The third kappa shape index (κ3) is 5.39. The fourth-order valence-electron chi connectivity index (χ4n) is 4.19. The number of hydrogen-bond acceptors (Lipinski definition) is 5. The predicted molar refractivity (Wildman–Crippen MR) is 108 cm³/mol. The third-order valence-electron chi connectivity index (χ3n) is 5.69. The van der Waals surface area contributed by atoms with Gasteiger partial charge in [-0.2, -0.15) is 18.3 Å². The number of aromatic nitrogens is 2. The van der Waals surface area contributed by atoms with Gasteiger partial charge in [-0.15, -0.1) is 0 Å². The van der Waals surface area contributed by atoms with Crippen LogP contribution in [-0.4, -0.2) is 75.0 Å². The number of carboxylic acid groups (broad SMARTS) is 1. The lowest BCUT2D eigenvalue weighted by Crippen LogP contribution is -2.39. The van der Waals surface area contributed by atoms with E-state index in [0.717, 1.165) is 38.2 Å². The number of ether oxygens (including phenoxy) is 1. The number of halogens is 3. The fraction of sp³-hybridized carbons (Fsp3) is 0.476. The van der Waals surface area contributed by atoms with Crippen LogP contribution in [0.15, 0.2) is 36.7 Å². The Morgan fingerprint density at radius 1 is 1.16 bits per heavy atom. The summed E-state index contributed by atoms with van der Waals surface area (Å²) in [5.41, 5.74) is 1.98. The number of aryl methyl sites for hydroxylation is 1. The molecule has 32 heavy (non-hydrogen) atoms. The molecule has 0 aliphatic carbocycles. The molecule has 2 fully saturated rings. The number of fused-ring (bicyclic) bond motifs is 1. The average molecular weight is 454 g/mol. The Bertz CT molecular complexity index is 945. The largest absolute Gasteiger partial charge is 0.497 e. The molecular weight excluding hydrogens is 429 g/mol. The van der Waals surface area contributed by atoms with E-state index in [1.165, 1.54) is 5.56 Å². The van der Waals surface area contributed by atoms with Gasteiger partial charge in [0.05, 0.1) is 18.9 Å². The van der Waals surface area contributed by atoms with Crippen LogP contribution in [0.4, 0.5) is 13.2 Å². The van der Waals surface area contributed by atoms with Crippen molar-refractivity contribution in [1.82, 2.24) is 19.6 Å². The van der Waals surface area contributed by atoms with E-state index in [9.17, 15) is 18.0 Å². The molecule has 1 N–H and O–H groups in total. The molecule has 3 heterocycles. The van der Waals surface area contributed by atoms with Crippen molar-refractivity contribution in [3.63, 3.8) is 0 Å². The number of carbonyl (C=O) groups excluding carboxylic acids is 1. The van der Waals surface area contributed by atoms with E-state index in [1.54, 1.807) is 24.2 Å². The minimum atomic E-state index is -5.08. The minimum absolute atomic E-state index is 0.117. The maximum absolute atomic E-state index is 12.8. The molecule has 0 unspecified atom stereocenters. The van der Waals surface area contributed by atoms with Crippen LogP contribution in [0.25, 0.3) is 0 Å². The standard InChI is InChI=1S/C19H24N4O2.C2HF3O2/c1-21-13-15(11-20-21)19(24)23-10-8-17-18(23)7-9-22(17)12-14-3-5-16(25-2)6-4-14;3-2(4,5)1(6)7/h3-6,11,13,17-18H,7-10,12H2,1-2H3;(H,6,7)/t17-,18+;/m1./s1. The number of rotatable bonds is 4. The first-order valence-corrected chi connectivity index (χ1v) is 10.1. The highest BCUT2D eigenvalue weighted by molar-refractivity contribution is 5.94. The van der Waals surface area contributed by atoms with Crippen molar-refractivity contribution in [3.8, 4) is 5.75 Å². The zero-order valence-corrected chi connectivity index (χ0v) is 17.7. The van der Waals surface area contributed by atoms with Crippen molar-refractivity contribution in [2.75, 3.05) is 20.2 Å². The summed E-state index contributed by atoms with van der Waals surface area (Å²) in [7, 11) is 3.53. The van der Waals surface area contributed by atoms with Crippen LogP contribution in [0.1, 0.15) is 28.8 Å². The molecule has 11 heteroatoms. The summed E-state index contributed by atoms with van der Waals surface area (Å²) in [5, 5.41) is 11.3. The molecule has 1 aromatic carbocycles. The summed E-state index contributed by atoms with van der Waals surface area (Å²) < 4.78 is 38.7. The van der Waals surface area contributed by atoms with Gasteiger partial charge in [0.2, 0.25) is 0 Å². The number of nitrogens with zero attached hydrogens (tertiary/aromatic N) is 4. The molecule has 8 nitrogen and oxygen atoms in total. The first-order valence-electron chi connectivity index (χ1n) is 10.1. The summed E-state index contributed by atoms with van der Waals surface area (Å²) in [5.74, 6) is -1.75. The maximum Gasteiger partial charge on any atom is 0.490 e. The van der Waals surface area contributed by atoms with Crippen LogP contribution >= 0.6 is 0 Å². The highest BCUT2D eigenvalue weighted by Gasteiger charge is 2.44. The molecule has 0 bridgehead atoms. The van der Waals surface area contributed by atoms with Crippen molar-refractivity contribution in [1.29, 1.82) is 0 Å². The Balaban J connectivity index is 0.000000360. The molecule has 2 aromatic rings. The van der Waals surface area contributed by atoms with E-state index in [2.05, 4.69) is 27.0 Å². The lowest BCUT2D eigenvalue weighted by Gasteiger charge is -2.25. The number of methoxy groups -OCH3 is 1. The van der Waals surface area contributed by atoms with Crippen molar-refractivity contribution >= 4 is 11.9 Å². The topological polar surface area (TPSA) is 87.9 Å². The normalized spacial score (nSPS) is 20.5. The number of aliphatic carboxylic acids is 1. The summed E-state index contributed by atoms with van der Waals surface area (Å²) in [4.78, 5) is 26.2. The number of likely N-dealkylation sites (tertiary alicyclic amines) is 2. The van der Waals surface area contributed by atoms with Crippen LogP contribution in [0.2, 0.25) is 0 Å². The molecule has 2 saturated heterocycles. The second kappa shape index (κ2) is 9.60. The number of amides is 1. The summed E-state index contributed by atoms with van der Waals surface area (Å²) in [6.45, 7) is 2.81. The van der Waals surface area contributed by atoms with E-state index in [-0.39, 0.29) is 5.91 Å². The molecule has 0 radical (unpaired) electrons. The van der Waals surface area contributed by atoms with Crippen molar-refractivity contribution in [3.05, 3.63) is 47.8 Å². The monoisotopic (exact) mass is 454 g/mol. The van der Waals surface area contributed by atoms with Gasteiger partial charge in [0.1, 0.15) is 5.75 Å². The molecule has 2 aliphatic rings. The van der Waals surface area contributed by atoms with Gasteiger partial charge < -0.3 is 14.7 Å². The van der Waals surface area contributed by atoms with Gasteiger partial charge >= 0.3 is 12.1 Å². The Morgan fingerprint density at radius 2 is 1.78 bits per heavy atom. The van der Waals surface area contributed by atoms with Gasteiger partial charge in [0.15, 0.2) is 0 Å². The minimum Gasteiger partial charge on any atom is -0.497 e. The summed E-state index contributed by atoms with van der Waals surface area (Å²) >= 11 is 0. The molecule has 1 aromatic heterocycles. The van der Waals surface area contributed by atoms with Crippen LogP contribution < -0.4 is 4.74 Å². The molecule has 2 atom stereocenters. The van der Waals surface area contributed by atoms with Gasteiger partial charge in [-0.25, -0.2) is 4.79 Å². The van der Waals surface area contributed by atoms with Crippen LogP contribution in [0, 0.1) is 0 Å². The predicted octanol–water partition coefficient (Wildman–Crippen LogP) is 2.55. The van der Waals surface area contributed by atoms with E-state index < -0.39 is 12.1 Å². The highest BCUT2D eigenvalue weighted by Crippen LogP contribution is 2.33. The Labute approximate surface area is 183 Å². The van der Waals surface area contributed by atoms with Gasteiger partial charge in [-0.1, -0.05) is 12.1 Å². The summed E-state index contributed by atoms with van der Waals surface area (Å²) in [6.07, 6.45) is 0.485. The van der Waals surface area contributed by atoms with Crippen LogP contribution in [-0.2, 0) is 18.4 Å². The highest BCUT2D eigenvalue weighted by atomic mass is 19.4. The van der Waals surface area contributed by atoms with Gasteiger partial charge in [0.25, 0.3) is 5.91 Å². The number of carboxylic acids is 1. The number of carbonyl (C=O) groups is 2. The van der Waals surface area contributed by atoms with Crippen LogP contribution in [0.3, 0.4) is 0 Å². The lowest BCUT2D eigenvalue weighted by molar-refractivity contribution is -0.192. The molecular formula is C21H25F3N4O4. The lowest BCUT2D eigenvalue weighted by atomic mass is 10.1. The first kappa shape index (κ1) is 23.6. The smallest absolute Gasteiger partial charge is 0.490 e. The SMILES string of the molecule is COc1ccc(CN2CC[C@H]3[C@H]2CCN3C(=O)c2cnn(C)c2)cc1.O=C(O)C(F)(F)F. The number of benzene rings is 1. The molecule has 0 spiro atoms. The molecule has 0 saturated carbocycles. The van der Waals surface area contributed by atoms with Crippen molar-refractivity contribution in [2.45, 2.75) is 37.6 Å². The first-order chi connectivity index (χ1) is 15.1. The second-order valence-corrected chi connectivity index (χ2v) is 7.73. The summed E-state index contributed by atoms with van der Waals surface area (Å²) in [6, 6.07) is 9.05. The molecule has 2 aliphatic heterocycles. The maximum atomic E-state index is 12.8. The van der Waals surface area contributed by atoms with Crippen molar-refractivity contribution < 1.29 is 32.6 Å². The van der Waals surface area contributed by atoms with Gasteiger partial charge in [-0.3, -0.25) is 14.4 Å². The quantitative estimate of drug-likeness (QED) is 0.764. The average Bonchev–Trinajstić information content (AvgIpc) is 3.45. The number of hydrogen-bond donors (Lipinski definition) is 1. The Kier molecular flexibility index (Phi) is 7.07. The fourth-order valence-corrected chi connectivity index (χ4v) is 4.19. The van der Waals surface area contributed by atoms with Gasteiger partial charge in [0, 0.05) is 45.0 Å². The Morgan fingerprint density at radius 3 is 2.31 bits per heavy atom. The van der Waals surface area contributed by atoms with Gasteiger partial charge in [-0.05, 0) is 30.5 Å². The second-order valence-electron chi connectivity index (χ2n) is 7.73. The third-order valence-corrected chi connectivity index (χ3v) is 5.69. The van der Waals surface area contributed by atoms with Crippen molar-refractivity contribution in [2.24, 2.45) is 7.05 Å². The van der Waals surface area contributed by atoms with E-state index in [0.29, 0.717) is 17.6 Å². The van der Waals surface area contributed by atoms with Crippen LogP contribution in [0.5, 0.6) is 5.75 Å². The molecule has 1 amide bonds. The zero-order chi connectivity index (χ0) is 23.5. The number of alkyl halides is 3. The Hall–Kier alpha value is -3.08.